The Balaban J connectivity index is 2.40. The van der Waals surface area contributed by atoms with Gasteiger partial charge in [-0.05, 0) is 62.1 Å². The van der Waals surface area contributed by atoms with Gasteiger partial charge in [-0.1, -0.05) is 25.4 Å². The summed E-state index contributed by atoms with van der Waals surface area (Å²) in [5, 5.41) is 0.583. The lowest BCUT2D eigenvalue weighted by atomic mass is 10.1. The van der Waals surface area contributed by atoms with Crippen molar-refractivity contribution in [2.24, 2.45) is 0 Å². The van der Waals surface area contributed by atoms with Gasteiger partial charge >= 0.3 is 0 Å². The molecule has 6 heteroatoms. The lowest BCUT2D eigenvalue weighted by Gasteiger charge is -2.27. The Kier molecular flexibility index (Phi) is 5.62. The number of rotatable bonds is 2. The zero-order chi connectivity index (χ0) is 14.9. The van der Waals surface area contributed by atoms with Crippen LogP contribution in [0, 0.1) is 3.57 Å². The summed E-state index contributed by atoms with van der Waals surface area (Å²) in [6.45, 7) is 7.43. The van der Waals surface area contributed by atoms with Gasteiger partial charge in [0.1, 0.15) is 11.0 Å². The van der Waals surface area contributed by atoms with Gasteiger partial charge in [0.15, 0.2) is 0 Å². The van der Waals surface area contributed by atoms with E-state index in [0.717, 1.165) is 34.7 Å². The molecule has 0 aliphatic carbocycles. The van der Waals surface area contributed by atoms with Crippen LogP contribution in [-0.2, 0) is 0 Å². The van der Waals surface area contributed by atoms with E-state index in [2.05, 4.69) is 65.3 Å². The number of likely N-dealkylation sites (N-methyl/N-ethyl adjacent to an activating group) is 2. The number of aromatic nitrogens is 2. The molecule has 0 spiro atoms. The lowest BCUT2D eigenvalue weighted by Crippen LogP contribution is -2.32. The number of hydrogen-bond donors (Lipinski definition) is 0. The van der Waals surface area contributed by atoms with Crippen LogP contribution in [0.25, 0.3) is 0 Å². The standard InChI is InChI=1S/C14H22ClIN4/c1-9(2)12-11(16)13(15)18-14(17-12)10-8-19(3)6-5-7-20(10)4/h9-10H,5-8H2,1-4H3. The van der Waals surface area contributed by atoms with Crippen LogP contribution in [-0.4, -0.2) is 53.5 Å². The topological polar surface area (TPSA) is 32.3 Å². The molecule has 4 nitrogen and oxygen atoms in total. The average molecular weight is 409 g/mol. The summed E-state index contributed by atoms with van der Waals surface area (Å²) in [5.41, 5.74) is 1.06. The maximum Gasteiger partial charge on any atom is 0.148 e. The molecule has 20 heavy (non-hydrogen) atoms. The van der Waals surface area contributed by atoms with Crippen LogP contribution >= 0.6 is 34.2 Å². The zero-order valence-corrected chi connectivity index (χ0v) is 15.4. The molecule has 0 aromatic carbocycles. The van der Waals surface area contributed by atoms with Gasteiger partial charge in [-0.3, -0.25) is 4.90 Å². The molecule has 2 heterocycles. The van der Waals surface area contributed by atoms with Gasteiger partial charge < -0.3 is 4.90 Å². The molecule has 1 aliphatic rings. The van der Waals surface area contributed by atoms with E-state index in [4.69, 9.17) is 16.6 Å². The van der Waals surface area contributed by atoms with E-state index in [9.17, 15) is 0 Å². The van der Waals surface area contributed by atoms with E-state index in [1.54, 1.807) is 0 Å². The quantitative estimate of drug-likeness (QED) is 0.556. The van der Waals surface area contributed by atoms with Crippen molar-refractivity contribution < 1.29 is 0 Å². The summed E-state index contributed by atoms with van der Waals surface area (Å²) in [6.07, 6.45) is 1.18. The largest absolute Gasteiger partial charge is 0.304 e. The number of nitrogens with zero attached hydrogens (tertiary/aromatic N) is 4. The van der Waals surface area contributed by atoms with Gasteiger partial charge in [0.2, 0.25) is 0 Å². The van der Waals surface area contributed by atoms with E-state index in [1.807, 2.05) is 0 Å². The maximum absolute atomic E-state index is 6.32. The van der Waals surface area contributed by atoms with E-state index >= 15 is 0 Å². The minimum Gasteiger partial charge on any atom is -0.304 e. The fraction of sp³-hybridized carbons (Fsp3) is 0.714. The first-order valence-electron chi connectivity index (χ1n) is 7.01. The van der Waals surface area contributed by atoms with Crippen LogP contribution in [0.15, 0.2) is 0 Å². The summed E-state index contributed by atoms with van der Waals surface area (Å²) in [7, 11) is 4.30. The predicted octanol–water partition coefficient (Wildman–Crippen LogP) is 3.17. The molecule has 2 rings (SSSR count). The second-order valence-corrected chi connectivity index (χ2v) is 7.28. The van der Waals surface area contributed by atoms with Gasteiger partial charge in [-0.25, -0.2) is 9.97 Å². The van der Waals surface area contributed by atoms with Crippen molar-refractivity contribution in [2.45, 2.75) is 32.2 Å². The molecule has 0 amide bonds. The zero-order valence-electron chi connectivity index (χ0n) is 12.5. The van der Waals surface area contributed by atoms with Gasteiger partial charge in [0.25, 0.3) is 0 Å². The molecule has 0 radical (unpaired) electrons. The number of hydrogen-bond acceptors (Lipinski definition) is 4. The molecule has 0 N–H and O–H groups in total. The molecule has 1 fully saturated rings. The molecular weight excluding hydrogens is 387 g/mol. The van der Waals surface area contributed by atoms with Gasteiger partial charge in [0.05, 0.1) is 15.3 Å². The summed E-state index contributed by atoms with van der Waals surface area (Å²) >= 11 is 8.56. The van der Waals surface area contributed by atoms with Crippen LogP contribution in [0.3, 0.4) is 0 Å². The van der Waals surface area contributed by atoms with Crippen LogP contribution in [0.5, 0.6) is 0 Å². The molecule has 112 valence electrons. The summed E-state index contributed by atoms with van der Waals surface area (Å²) < 4.78 is 0.979. The van der Waals surface area contributed by atoms with Crippen molar-refractivity contribution >= 4 is 34.2 Å². The van der Waals surface area contributed by atoms with E-state index in [0.29, 0.717) is 11.1 Å². The van der Waals surface area contributed by atoms with Crippen molar-refractivity contribution in [3.05, 3.63) is 20.2 Å². The molecule has 1 aliphatic heterocycles. The summed E-state index contributed by atoms with van der Waals surface area (Å²) in [6, 6.07) is 0.217. The molecule has 0 bridgehead atoms. The Bertz CT molecular complexity index is 480. The Hall–Kier alpha value is 0.0200. The molecule has 1 aromatic heterocycles. The molecule has 1 aromatic rings. The third kappa shape index (κ3) is 3.61. The normalized spacial score (nSPS) is 22.2. The van der Waals surface area contributed by atoms with Crippen LogP contribution in [0.4, 0.5) is 0 Å². The fourth-order valence-corrected chi connectivity index (χ4v) is 3.58. The van der Waals surface area contributed by atoms with Crippen molar-refractivity contribution in [1.29, 1.82) is 0 Å². The molecule has 1 unspecified atom stereocenters. The molecular formula is C14H22ClIN4. The minimum absolute atomic E-state index is 0.217. The minimum atomic E-state index is 0.217. The SMILES string of the molecule is CC(C)c1nc(C2CN(C)CCCN2C)nc(Cl)c1I. The highest BCUT2D eigenvalue weighted by Gasteiger charge is 2.26. The Labute approximate surface area is 140 Å². The molecule has 0 saturated carbocycles. The first-order chi connectivity index (χ1) is 9.40. The average Bonchev–Trinajstić information content (AvgIpc) is 2.54. The van der Waals surface area contributed by atoms with Crippen LogP contribution in [0.1, 0.15) is 43.7 Å². The lowest BCUT2D eigenvalue weighted by molar-refractivity contribution is 0.219. The second kappa shape index (κ2) is 6.85. The Morgan fingerprint density at radius 3 is 2.60 bits per heavy atom. The van der Waals surface area contributed by atoms with Crippen molar-refractivity contribution in [1.82, 2.24) is 19.8 Å². The van der Waals surface area contributed by atoms with Crippen molar-refractivity contribution in [2.75, 3.05) is 33.7 Å². The second-order valence-electron chi connectivity index (χ2n) is 5.84. The van der Waals surface area contributed by atoms with Gasteiger partial charge in [-0.2, -0.15) is 0 Å². The molecule has 1 saturated heterocycles. The van der Waals surface area contributed by atoms with E-state index in [-0.39, 0.29) is 6.04 Å². The fourth-order valence-electron chi connectivity index (χ4n) is 2.53. The predicted molar refractivity (Wildman–Crippen MR) is 91.3 cm³/mol. The third-order valence-electron chi connectivity index (χ3n) is 3.77. The van der Waals surface area contributed by atoms with Gasteiger partial charge in [0, 0.05) is 6.54 Å². The highest BCUT2D eigenvalue weighted by Crippen LogP contribution is 2.28. The van der Waals surface area contributed by atoms with Crippen LogP contribution < -0.4 is 0 Å². The monoisotopic (exact) mass is 408 g/mol. The smallest absolute Gasteiger partial charge is 0.148 e. The Morgan fingerprint density at radius 2 is 1.95 bits per heavy atom. The highest BCUT2D eigenvalue weighted by atomic mass is 127. The summed E-state index contributed by atoms with van der Waals surface area (Å²) in [4.78, 5) is 14.0. The van der Waals surface area contributed by atoms with E-state index < -0.39 is 0 Å². The first kappa shape index (κ1) is 16.4. The number of halogens is 2. The summed E-state index contributed by atoms with van der Waals surface area (Å²) in [5.74, 6) is 1.21. The first-order valence-corrected chi connectivity index (χ1v) is 8.47. The van der Waals surface area contributed by atoms with E-state index in [1.165, 1.54) is 6.42 Å². The van der Waals surface area contributed by atoms with Gasteiger partial charge in [-0.15, -0.1) is 0 Å². The van der Waals surface area contributed by atoms with Crippen LogP contribution in [0.2, 0.25) is 5.15 Å². The van der Waals surface area contributed by atoms with Crippen molar-refractivity contribution in [3.8, 4) is 0 Å². The third-order valence-corrected chi connectivity index (χ3v) is 5.42. The maximum atomic E-state index is 6.32. The Morgan fingerprint density at radius 1 is 1.25 bits per heavy atom. The highest BCUT2D eigenvalue weighted by molar-refractivity contribution is 14.1. The van der Waals surface area contributed by atoms with Crippen molar-refractivity contribution in [3.63, 3.8) is 0 Å². The molecule has 1 atom stereocenters.